The fourth-order valence-corrected chi connectivity index (χ4v) is 2.87. The number of hydrogen-bond acceptors (Lipinski definition) is 6. The lowest BCUT2D eigenvalue weighted by Gasteiger charge is -2.18. The Morgan fingerprint density at radius 1 is 1.46 bits per heavy atom. The summed E-state index contributed by atoms with van der Waals surface area (Å²) in [5.41, 5.74) is 0.226. The summed E-state index contributed by atoms with van der Waals surface area (Å²) in [6.45, 7) is 1.88. The standard InChI is InChI=1S/C17H24N4O5/c1-19(2)7-4-8-20-11-12(9-16(20)22)17(23)18-14-6-5-13(21(24)25)10-15(14)26-3/h5-6,10,12H,4,7-9,11H2,1-3H3,(H,18,23). The van der Waals surface area contributed by atoms with E-state index in [9.17, 15) is 19.7 Å². The summed E-state index contributed by atoms with van der Waals surface area (Å²) in [4.78, 5) is 38.6. The van der Waals surface area contributed by atoms with E-state index >= 15 is 0 Å². The third-order valence-corrected chi connectivity index (χ3v) is 4.27. The molecule has 0 aliphatic carbocycles. The van der Waals surface area contributed by atoms with Crippen LogP contribution in [0.5, 0.6) is 5.75 Å². The van der Waals surface area contributed by atoms with E-state index in [1.807, 2.05) is 19.0 Å². The number of nitrogens with one attached hydrogen (secondary N) is 1. The first-order chi connectivity index (χ1) is 12.3. The van der Waals surface area contributed by atoms with Crippen molar-refractivity contribution in [2.24, 2.45) is 5.92 Å². The Morgan fingerprint density at radius 2 is 2.19 bits per heavy atom. The van der Waals surface area contributed by atoms with Gasteiger partial charge in [-0.2, -0.15) is 0 Å². The first-order valence-corrected chi connectivity index (χ1v) is 8.37. The van der Waals surface area contributed by atoms with Gasteiger partial charge in [0.1, 0.15) is 5.75 Å². The fraction of sp³-hybridized carbons (Fsp3) is 0.529. The molecule has 1 aromatic carbocycles. The Bertz CT molecular complexity index is 692. The minimum absolute atomic E-state index is 0.0282. The number of non-ortho nitro benzene ring substituents is 1. The average Bonchev–Trinajstić information content (AvgIpc) is 2.95. The number of methoxy groups -OCH3 is 1. The van der Waals surface area contributed by atoms with Gasteiger partial charge in [0.15, 0.2) is 0 Å². The second kappa shape index (κ2) is 8.61. The minimum Gasteiger partial charge on any atom is -0.494 e. The van der Waals surface area contributed by atoms with E-state index in [-0.39, 0.29) is 29.7 Å². The maximum atomic E-state index is 12.5. The Kier molecular flexibility index (Phi) is 6.51. The largest absolute Gasteiger partial charge is 0.494 e. The molecule has 0 spiro atoms. The number of hydrogen-bond donors (Lipinski definition) is 1. The van der Waals surface area contributed by atoms with Crippen molar-refractivity contribution in [3.05, 3.63) is 28.3 Å². The van der Waals surface area contributed by atoms with Crippen LogP contribution in [0.25, 0.3) is 0 Å². The highest BCUT2D eigenvalue weighted by Crippen LogP contribution is 2.30. The molecule has 1 N–H and O–H groups in total. The predicted octanol–water partition coefficient (Wildman–Crippen LogP) is 1.34. The summed E-state index contributed by atoms with van der Waals surface area (Å²) >= 11 is 0. The number of ether oxygens (including phenoxy) is 1. The van der Waals surface area contributed by atoms with Crippen molar-refractivity contribution >= 4 is 23.2 Å². The SMILES string of the molecule is COc1cc([N+](=O)[O-])ccc1NC(=O)C1CC(=O)N(CCCN(C)C)C1. The highest BCUT2D eigenvalue weighted by atomic mass is 16.6. The average molecular weight is 364 g/mol. The number of nitro groups is 1. The van der Waals surface area contributed by atoms with E-state index in [0.717, 1.165) is 13.0 Å². The molecule has 26 heavy (non-hydrogen) atoms. The van der Waals surface area contributed by atoms with E-state index in [0.29, 0.717) is 18.8 Å². The number of anilines is 1. The number of likely N-dealkylation sites (tertiary alicyclic amines) is 1. The van der Waals surface area contributed by atoms with Crippen molar-refractivity contribution in [3.63, 3.8) is 0 Å². The normalized spacial score (nSPS) is 16.8. The number of nitro benzene ring substituents is 1. The first kappa shape index (κ1) is 19.6. The highest BCUT2D eigenvalue weighted by molar-refractivity contribution is 5.98. The molecule has 9 heteroatoms. The van der Waals surface area contributed by atoms with Crippen LogP contribution in [0, 0.1) is 16.0 Å². The highest BCUT2D eigenvalue weighted by Gasteiger charge is 2.34. The molecule has 1 unspecified atom stereocenters. The minimum atomic E-state index is -0.532. The number of carbonyl (C=O) groups is 2. The monoisotopic (exact) mass is 364 g/mol. The van der Waals surface area contributed by atoms with Gasteiger partial charge in [0.2, 0.25) is 11.8 Å². The smallest absolute Gasteiger partial charge is 0.273 e. The van der Waals surface area contributed by atoms with Crippen LogP contribution in [0.3, 0.4) is 0 Å². The van der Waals surface area contributed by atoms with Gasteiger partial charge in [0, 0.05) is 25.6 Å². The van der Waals surface area contributed by atoms with Gasteiger partial charge < -0.3 is 19.9 Å². The molecule has 1 heterocycles. The summed E-state index contributed by atoms with van der Waals surface area (Å²) in [6, 6.07) is 3.98. The molecule has 0 bridgehead atoms. The summed E-state index contributed by atoms with van der Waals surface area (Å²) in [7, 11) is 5.32. The lowest BCUT2D eigenvalue weighted by atomic mass is 10.1. The second-order valence-corrected chi connectivity index (χ2v) is 6.53. The van der Waals surface area contributed by atoms with Gasteiger partial charge >= 0.3 is 0 Å². The zero-order valence-corrected chi connectivity index (χ0v) is 15.2. The van der Waals surface area contributed by atoms with Crippen molar-refractivity contribution in [1.29, 1.82) is 0 Å². The summed E-state index contributed by atoms with van der Waals surface area (Å²) < 4.78 is 5.12. The quantitative estimate of drug-likeness (QED) is 0.551. The molecule has 2 amide bonds. The molecule has 1 saturated heterocycles. The van der Waals surface area contributed by atoms with Gasteiger partial charge in [0.25, 0.3) is 5.69 Å². The molecule has 1 aliphatic rings. The Hall–Kier alpha value is -2.68. The topological polar surface area (TPSA) is 105 Å². The predicted molar refractivity (Wildman–Crippen MR) is 96.1 cm³/mol. The lowest BCUT2D eigenvalue weighted by molar-refractivity contribution is -0.384. The van der Waals surface area contributed by atoms with Crippen molar-refractivity contribution < 1.29 is 19.2 Å². The van der Waals surface area contributed by atoms with Gasteiger partial charge in [-0.05, 0) is 33.1 Å². The number of rotatable bonds is 8. The van der Waals surface area contributed by atoms with Crippen LogP contribution in [0.15, 0.2) is 18.2 Å². The van der Waals surface area contributed by atoms with Crippen molar-refractivity contribution in [2.75, 3.05) is 46.2 Å². The van der Waals surface area contributed by atoms with Crippen molar-refractivity contribution in [1.82, 2.24) is 9.80 Å². The second-order valence-electron chi connectivity index (χ2n) is 6.53. The maximum absolute atomic E-state index is 12.5. The van der Waals surface area contributed by atoms with Crippen LogP contribution in [0.4, 0.5) is 11.4 Å². The van der Waals surface area contributed by atoms with Crippen molar-refractivity contribution in [3.8, 4) is 5.75 Å². The Morgan fingerprint density at radius 3 is 2.81 bits per heavy atom. The third kappa shape index (κ3) is 4.92. The molecule has 1 aromatic rings. The summed E-state index contributed by atoms with van der Waals surface area (Å²) in [5.74, 6) is -0.554. The Labute approximate surface area is 152 Å². The van der Waals surface area contributed by atoms with Crippen LogP contribution in [-0.2, 0) is 9.59 Å². The van der Waals surface area contributed by atoms with Crippen molar-refractivity contribution in [2.45, 2.75) is 12.8 Å². The zero-order chi connectivity index (χ0) is 19.3. The molecule has 1 atom stereocenters. The molecular weight excluding hydrogens is 340 g/mol. The maximum Gasteiger partial charge on any atom is 0.273 e. The summed E-state index contributed by atoms with van der Waals surface area (Å²) in [6.07, 6.45) is 1.02. The zero-order valence-electron chi connectivity index (χ0n) is 15.2. The van der Waals surface area contributed by atoms with E-state index in [1.165, 1.54) is 25.3 Å². The molecule has 9 nitrogen and oxygen atoms in total. The fourth-order valence-electron chi connectivity index (χ4n) is 2.87. The first-order valence-electron chi connectivity index (χ1n) is 8.37. The van der Waals surface area contributed by atoms with E-state index in [1.54, 1.807) is 4.90 Å². The van der Waals surface area contributed by atoms with Crippen LogP contribution in [-0.4, -0.2) is 67.4 Å². The molecule has 2 rings (SSSR count). The molecule has 1 fully saturated rings. The molecule has 0 aromatic heterocycles. The number of nitrogens with zero attached hydrogens (tertiary/aromatic N) is 3. The molecule has 0 radical (unpaired) electrons. The van der Waals surface area contributed by atoms with Gasteiger partial charge in [-0.3, -0.25) is 19.7 Å². The van der Waals surface area contributed by atoms with E-state index < -0.39 is 10.8 Å². The van der Waals surface area contributed by atoms with E-state index in [4.69, 9.17) is 4.74 Å². The molecule has 1 aliphatic heterocycles. The number of amides is 2. The van der Waals surface area contributed by atoms with Crippen LogP contribution in [0.2, 0.25) is 0 Å². The van der Waals surface area contributed by atoms with Gasteiger partial charge in [-0.25, -0.2) is 0 Å². The van der Waals surface area contributed by atoms with Crippen LogP contribution >= 0.6 is 0 Å². The van der Waals surface area contributed by atoms with Gasteiger partial charge in [0.05, 0.1) is 29.7 Å². The van der Waals surface area contributed by atoms with Gasteiger partial charge in [-0.15, -0.1) is 0 Å². The van der Waals surface area contributed by atoms with Crippen LogP contribution < -0.4 is 10.1 Å². The van der Waals surface area contributed by atoms with Crippen LogP contribution in [0.1, 0.15) is 12.8 Å². The third-order valence-electron chi connectivity index (χ3n) is 4.27. The molecule has 142 valence electrons. The number of carbonyl (C=O) groups excluding carboxylic acids is 2. The molecular formula is C17H24N4O5. The lowest BCUT2D eigenvalue weighted by Crippen LogP contribution is -2.30. The number of benzene rings is 1. The van der Waals surface area contributed by atoms with E-state index in [2.05, 4.69) is 5.32 Å². The Balaban J connectivity index is 1.98. The summed E-state index contributed by atoms with van der Waals surface area (Å²) in [5, 5.41) is 13.5. The van der Waals surface area contributed by atoms with Gasteiger partial charge in [-0.1, -0.05) is 0 Å². The molecule has 0 saturated carbocycles.